The average molecular weight is 284 g/mol. The van der Waals surface area contributed by atoms with E-state index >= 15 is 0 Å². The van der Waals surface area contributed by atoms with E-state index in [1.54, 1.807) is 6.20 Å². The molecule has 0 radical (unpaired) electrons. The zero-order valence-corrected chi connectivity index (χ0v) is 11.6. The number of nitrogens with one attached hydrogen (secondary N) is 2. The molecule has 1 heterocycles. The second-order valence-corrected chi connectivity index (χ2v) is 4.87. The molecule has 1 atom stereocenters. The highest BCUT2D eigenvalue weighted by molar-refractivity contribution is 6.42. The van der Waals surface area contributed by atoms with Gasteiger partial charge in [-0.05, 0) is 24.1 Å². The van der Waals surface area contributed by atoms with E-state index in [0.717, 1.165) is 17.8 Å². The molecule has 1 unspecified atom stereocenters. The fourth-order valence-electron chi connectivity index (χ4n) is 1.84. The summed E-state index contributed by atoms with van der Waals surface area (Å²) >= 11 is 12.0. The van der Waals surface area contributed by atoms with Gasteiger partial charge in [-0.2, -0.15) is 0 Å². The quantitative estimate of drug-likeness (QED) is 0.872. The second kappa shape index (κ2) is 6.23. The first-order chi connectivity index (χ1) is 8.70. The van der Waals surface area contributed by atoms with Crippen LogP contribution in [-0.2, 0) is 6.54 Å². The zero-order valence-electron chi connectivity index (χ0n) is 10.1. The molecule has 0 bridgehead atoms. The van der Waals surface area contributed by atoms with Crippen LogP contribution < -0.4 is 5.32 Å². The van der Waals surface area contributed by atoms with Crippen molar-refractivity contribution in [3.05, 3.63) is 52.0 Å². The van der Waals surface area contributed by atoms with Gasteiger partial charge in [-0.25, -0.2) is 4.98 Å². The molecule has 0 aliphatic rings. The predicted molar refractivity (Wildman–Crippen MR) is 74.9 cm³/mol. The molecule has 1 aromatic heterocycles. The molecular weight excluding hydrogens is 269 g/mol. The van der Waals surface area contributed by atoms with Gasteiger partial charge in [-0.3, -0.25) is 0 Å². The maximum absolute atomic E-state index is 6.04. The molecule has 2 aromatic rings. The largest absolute Gasteiger partial charge is 0.348 e. The third kappa shape index (κ3) is 3.25. The Kier molecular flexibility index (Phi) is 4.64. The second-order valence-electron chi connectivity index (χ2n) is 4.05. The van der Waals surface area contributed by atoms with E-state index in [0.29, 0.717) is 16.6 Å². The van der Waals surface area contributed by atoms with Crippen molar-refractivity contribution in [1.29, 1.82) is 0 Å². The number of nitrogens with zero attached hydrogens (tertiary/aromatic N) is 1. The van der Waals surface area contributed by atoms with Crippen LogP contribution in [0.2, 0.25) is 10.0 Å². The van der Waals surface area contributed by atoms with Crippen LogP contribution in [0.25, 0.3) is 0 Å². The zero-order chi connectivity index (χ0) is 13.0. The summed E-state index contributed by atoms with van der Waals surface area (Å²) in [5, 5.41) is 4.61. The van der Waals surface area contributed by atoms with Gasteiger partial charge in [0.1, 0.15) is 5.82 Å². The molecule has 5 heteroatoms. The Morgan fingerprint density at radius 2 is 2.17 bits per heavy atom. The summed E-state index contributed by atoms with van der Waals surface area (Å²) in [7, 11) is 0. The maximum Gasteiger partial charge on any atom is 0.120 e. The van der Waals surface area contributed by atoms with E-state index in [1.807, 2.05) is 24.4 Å². The maximum atomic E-state index is 6.04. The highest BCUT2D eigenvalue weighted by Crippen LogP contribution is 2.26. The minimum absolute atomic E-state index is 0.241. The Morgan fingerprint density at radius 3 is 2.78 bits per heavy atom. The van der Waals surface area contributed by atoms with Crippen LogP contribution in [0, 0.1) is 0 Å². The SMILES string of the molecule is CCC(NCc1ncc[nH]1)c1ccc(Cl)c(Cl)c1. The van der Waals surface area contributed by atoms with E-state index in [4.69, 9.17) is 23.2 Å². The summed E-state index contributed by atoms with van der Waals surface area (Å²) in [4.78, 5) is 7.25. The van der Waals surface area contributed by atoms with Gasteiger partial charge >= 0.3 is 0 Å². The van der Waals surface area contributed by atoms with Gasteiger partial charge in [-0.1, -0.05) is 36.2 Å². The third-order valence-electron chi connectivity index (χ3n) is 2.83. The molecule has 0 aliphatic carbocycles. The molecule has 96 valence electrons. The summed E-state index contributed by atoms with van der Waals surface area (Å²) in [5.74, 6) is 0.925. The fraction of sp³-hybridized carbons (Fsp3) is 0.308. The van der Waals surface area contributed by atoms with Crippen molar-refractivity contribution < 1.29 is 0 Å². The third-order valence-corrected chi connectivity index (χ3v) is 3.56. The molecule has 3 nitrogen and oxygen atoms in total. The summed E-state index contributed by atoms with van der Waals surface area (Å²) in [6.07, 6.45) is 4.53. The number of hydrogen-bond acceptors (Lipinski definition) is 2. The van der Waals surface area contributed by atoms with Crippen molar-refractivity contribution in [3.63, 3.8) is 0 Å². The van der Waals surface area contributed by atoms with Crippen LogP contribution in [0.4, 0.5) is 0 Å². The number of aromatic amines is 1. The highest BCUT2D eigenvalue weighted by atomic mass is 35.5. The van der Waals surface area contributed by atoms with Gasteiger partial charge in [0.25, 0.3) is 0 Å². The van der Waals surface area contributed by atoms with Crippen molar-refractivity contribution in [1.82, 2.24) is 15.3 Å². The van der Waals surface area contributed by atoms with Crippen LogP contribution in [-0.4, -0.2) is 9.97 Å². The number of benzene rings is 1. The first kappa shape index (κ1) is 13.4. The Morgan fingerprint density at radius 1 is 1.33 bits per heavy atom. The lowest BCUT2D eigenvalue weighted by atomic mass is 10.0. The summed E-state index contributed by atoms with van der Waals surface area (Å²) < 4.78 is 0. The van der Waals surface area contributed by atoms with Crippen molar-refractivity contribution in [3.8, 4) is 0 Å². The summed E-state index contributed by atoms with van der Waals surface area (Å²) in [5.41, 5.74) is 1.14. The predicted octanol–water partition coefficient (Wildman–Crippen LogP) is 3.96. The van der Waals surface area contributed by atoms with Gasteiger partial charge in [0, 0.05) is 18.4 Å². The molecule has 1 aromatic carbocycles. The molecule has 2 N–H and O–H groups in total. The lowest BCUT2D eigenvalue weighted by Gasteiger charge is -2.17. The van der Waals surface area contributed by atoms with Crippen molar-refractivity contribution in [2.24, 2.45) is 0 Å². The monoisotopic (exact) mass is 283 g/mol. The summed E-state index contributed by atoms with van der Waals surface area (Å²) in [6, 6.07) is 5.98. The number of aromatic nitrogens is 2. The van der Waals surface area contributed by atoms with E-state index in [1.165, 1.54) is 0 Å². The minimum Gasteiger partial charge on any atom is -0.348 e. The standard InChI is InChI=1S/C13H15Cl2N3/c1-2-12(18-8-13-16-5-6-17-13)9-3-4-10(14)11(15)7-9/h3-7,12,18H,2,8H2,1H3,(H,16,17). The van der Waals surface area contributed by atoms with Crippen LogP contribution in [0.5, 0.6) is 0 Å². The van der Waals surface area contributed by atoms with Gasteiger partial charge in [-0.15, -0.1) is 0 Å². The molecule has 18 heavy (non-hydrogen) atoms. The molecule has 0 amide bonds. The number of halogens is 2. The lowest BCUT2D eigenvalue weighted by Crippen LogP contribution is -2.20. The Bertz CT molecular complexity index is 497. The van der Waals surface area contributed by atoms with Crippen molar-refractivity contribution in [2.75, 3.05) is 0 Å². The van der Waals surface area contributed by atoms with E-state index < -0.39 is 0 Å². The Hall–Kier alpha value is -1.03. The normalized spacial score (nSPS) is 12.6. The molecular formula is C13H15Cl2N3. The number of hydrogen-bond donors (Lipinski definition) is 2. The lowest BCUT2D eigenvalue weighted by molar-refractivity contribution is 0.510. The van der Waals surface area contributed by atoms with Gasteiger partial charge in [0.05, 0.1) is 16.6 Å². The molecule has 0 aliphatic heterocycles. The van der Waals surface area contributed by atoms with Crippen molar-refractivity contribution in [2.45, 2.75) is 25.9 Å². The van der Waals surface area contributed by atoms with E-state index in [-0.39, 0.29) is 6.04 Å². The highest BCUT2D eigenvalue weighted by Gasteiger charge is 2.10. The average Bonchev–Trinajstić information content (AvgIpc) is 2.87. The molecule has 2 rings (SSSR count). The van der Waals surface area contributed by atoms with Gasteiger partial charge in [0.15, 0.2) is 0 Å². The molecule has 0 saturated carbocycles. The van der Waals surface area contributed by atoms with Crippen molar-refractivity contribution >= 4 is 23.2 Å². The molecule has 0 fully saturated rings. The minimum atomic E-state index is 0.241. The first-order valence-electron chi connectivity index (χ1n) is 5.87. The van der Waals surface area contributed by atoms with Gasteiger partial charge < -0.3 is 10.3 Å². The number of imidazole rings is 1. The molecule has 0 saturated heterocycles. The summed E-state index contributed by atoms with van der Waals surface area (Å²) in [6.45, 7) is 2.83. The van der Waals surface area contributed by atoms with E-state index in [2.05, 4.69) is 22.2 Å². The fourth-order valence-corrected chi connectivity index (χ4v) is 2.15. The smallest absolute Gasteiger partial charge is 0.120 e. The first-order valence-corrected chi connectivity index (χ1v) is 6.63. The van der Waals surface area contributed by atoms with Gasteiger partial charge in [0.2, 0.25) is 0 Å². The van der Waals surface area contributed by atoms with Crippen LogP contribution in [0.1, 0.15) is 30.8 Å². The Balaban J connectivity index is 2.05. The number of rotatable bonds is 5. The Labute approximate surface area is 117 Å². The van der Waals surface area contributed by atoms with Crippen LogP contribution >= 0.6 is 23.2 Å². The topological polar surface area (TPSA) is 40.7 Å². The van der Waals surface area contributed by atoms with Crippen LogP contribution in [0.15, 0.2) is 30.6 Å². The number of H-pyrrole nitrogens is 1. The van der Waals surface area contributed by atoms with E-state index in [9.17, 15) is 0 Å². The molecule has 0 spiro atoms. The van der Waals surface area contributed by atoms with Crippen LogP contribution in [0.3, 0.4) is 0 Å².